The molecular formula is C15H29NO. The highest BCUT2D eigenvalue weighted by Gasteiger charge is 2.53. The van der Waals surface area contributed by atoms with Gasteiger partial charge in [0.1, 0.15) is 0 Å². The largest absolute Gasteiger partial charge is 0.292 e. The number of rotatable bonds is 3. The van der Waals surface area contributed by atoms with Gasteiger partial charge in [0, 0.05) is 18.5 Å². The Morgan fingerprint density at radius 3 is 2.35 bits per heavy atom. The minimum absolute atomic E-state index is 0.0436. The van der Waals surface area contributed by atoms with Crippen molar-refractivity contribution in [2.24, 2.45) is 17.8 Å². The summed E-state index contributed by atoms with van der Waals surface area (Å²) in [6.45, 7) is 12.5. The van der Waals surface area contributed by atoms with Crippen LogP contribution in [0, 0.1) is 17.8 Å². The first-order valence-corrected chi connectivity index (χ1v) is 7.49. The van der Waals surface area contributed by atoms with Gasteiger partial charge in [0.05, 0.1) is 5.60 Å². The normalized spacial score (nSPS) is 41.5. The van der Waals surface area contributed by atoms with E-state index in [0.717, 1.165) is 24.3 Å². The molecule has 1 saturated heterocycles. The van der Waals surface area contributed by atoms with Gasteiger partial charge in [-0.3, -0.25) is 4.84 Å². The third-order valence-electron chi connectivity index (χ3n) is 5.11. The molecule has 0 spiro atoms. The zero-order chi connectivity index (χ0) is 12.6. The lowest BCUT2D eigenvalue weighted by Crippen LogP contribution is -2.45. The summed E-state index contributed by atoms with van der Waals surface area (Å²) in [5, 5.41) is 2.28. The SMILES string of the molecule is CC[C@@H]1C[C@H](CC)[C@@H]2[C@@H](C1)C(C)(C)ON2CC. The minimum atomic E-state index is 0.0436. The number of hydroxylamine groups is 2. The number of fused-ring (bicyclic) bond motifs is 1. The number of hydrogen-bond acceptors (Lipinski definition) is 2. The average molecular weight is 239 g/mol. The molecule has 0 N–H and O–H groups in total. The Labute approximate surface area is 107 Å². The van der Waals surface area contributed by atoms with Crippen LogP contribution in [0.2, 0.25) is 0 Å². The van der Waals surface area contributed by atoms with Crippen LogP contribution in [-0.4, -0.2) is 23.3 Å². The van der Waals surface area contributed by atoms with Crippen molar-refractivity contribution in [3.63, 3.8) is 0 Å². The molecule has 4 atom stereocenters. The molecule has 0 radical (unpaired) electrons. The Balaban J connectivity index is 2.22. The lowest BCUT2D eigenvalue weighted by molar-refractivity contribution is -0.196. The van der Waals surface area contributed by atoms with Gasteiger partial charge in [-0.05, 0) is 38.5 Å². The van der Waals surface area contributed by atoms with Crippen LogP contribution in [0.5, 0.6) is 0 Å². The van der Waals surface area contributed by atoms with Crippen LogP contribution in [0.3, 0.4) is 0 Å². The quantitative estimate of drug-likeness (QED) is 0.741. The van der Waals surface area contributed by atoms with Gasteiger partial charge in [-0.15, -0.1) is 0 Å². The lowest BCUT2D eigenvalue weighted by Gasteiger charge is -2.41. The first kappa shape index (κ1) is 13.4. The van der Waals surface area contributed by atoms with Gasteiger partial charge in [-0.25, -0.2) is 0 Å². The predicted molar refractivity (Wildman–Crippen MR) is 71.6 cm³/mol. The van der Waals surface area contributed by atoms with Crippen LogP contribution in [0.4, 0.5) is 0 Å². The van der Waals surface area contributed by atoms with E-state index in [2.05, 4.69) is 39.7 Å². The van der Waals surface area contributed by atoms with E-state index in [4.69, 9.17) is 4.84 Å². The van der Waals surface area contributed by atoms with Crippen molar-refractivity contribution in [2.45, 2.75) is 71.9 Å². The van der Waals surface area contributed by atoms with Crippen molar-refractivity contribution in [1.82, 2.24) is 5.06 Å². The van der Waals surface area contributed by atoms with Gasteiger partial charge in [-0.1, -0.05) is 33.6 Å². The van der Waals surface area contributed by atoms with E-state index < -0.39 is 0 Å². The molecule has 100 valence electrons. The number of nitrogens with zero attached hydrogens (tertiary/aromatic N) is 1. The average Bonchev–Trinajstić information content (AvgIpc) is 2.60. The highest BCUT2D eigenvalue weighted by molar-refractivity contribution is 5.00. The van der Waals surface area contributed by atoms with E-state index in [1.165, 1.54) is 25.7 Å². The van der Waals surface area contributed by atoms with Gasteiger partial charge in [0.15, 0.2) is 0 Å². The van der Waals surface area contributed by atoms with E-state index in [1.54, 1.807) is 0 Å². The summed E-state index contributed by atoms with van der Waals surface area (Å²) < 4.78 is 0. The highest BCUT2D eigenvalue weighted by Crippen LogP contribution is 2.49. The maximum atomic E-state index is 6.20. The molecule has 0 aromatic heterocycles. The van der Waals surface area contributed by atoms with Crippen LogP contribution < -0.4 is 0 Å². The van der Waals surface area contributed by atoms with Crippen molar-refractivity contribution < 1.29 is 4.84 Å². The number of hydrogen-bond donors (Lipinski definition) is 0. The summed E-state index contributed by atoms with van der Waals surface area (Å²) in [6, 6.07) is 0.669. The van der Waals surface area contributed by atoms with Crippen molar-refractivity contribution in [3.8, 4) is 0 Å². The van der Waals surface area contributed by atoms with Crippen molar-refractivity contribution in [2.75, 3.05) is 6.54 Å². The molecule has 2 heteroatoms. The first-order chi connectivity index (χ1) is 8.03. The zero-order valence-corrected chi connectivity index (χ0v) is 12.2. The molecular weight excluding hydrogens is 210 g/mol. The van der Waals surface area contributed by atoms with Gasteiger partial charge in [0.25, 0.3) is 0 Å². The molecule has 2 rings (SSSR count). The molecule has 2 fully saturated rings. The first-order valence-electron chi connectivity index (χ1n) is 7.49. The zero-order valence-electron chi connectivity index (χ0n) is 12.2. The Kier molecular flexibility index (Phi) is 3.84. The van der Waals surface area contributed by atoms with Crippen LogP contribution >= 0.6 is 0 Å². The van der Waals surface area contributed by atoms with Crippen LogP contribution in [-0.2, 0) is 4.84 Å². The molecule has 2 aliphatic rings. The second kappa shape index (κ2) is 4.89. The third kappa shape index (κ3) is 2.26. The standard InChI is InChI=1S/C15H29NO/c1-6-11-9-12(7-2)14-13(10-11)15(4,5)17-16(14)8-3/h11-14H,6-10H2,1-5H3/t11-,12+,13-,14-/m1/s1. The topological polar surface area (TPSA) is 12.5 Å². The van der Waals surface area contributed by atoms with Crippen LogP contribution in [0.15, 0.2) is 0 Å². The minimum Gasteiger partial charge on any atom is -0.292 e. The fourth-order valence-corrected chi connectivity index (χ4v) is 4.07. The fraction of sp³-hybridized carbons (Fsp3) is 1.00. The molecule has 0 amide bonds. The van der Waals surface area contributed by atoms with Gasteiger partial charge in [0.2, 0.25) is 0 Å². The maximum absolute atomic E-state index is 6.20. The third-order valence-corrected chi connectivity index (χ3v) is 5.11. The van der Waals surface area contributed by atoms with Crippen molar-refractivity contribution in [3.05, 3.63) is 0 Å². The second-order valence-electron chi connectivity index (χ2n) is 6.44. The molecule has 1 heterocycles. The lowest BCUT2D eigenvalue weighted by atomic mass is 9.66. The summed E-state index contributed by atoms with van der Waals surface area (Å²) in [4.78, 5) is 6.20. The Morgan fingerprint density at radius 1 is 1.12 bits per heavy atom. The van der Waals surface area contributed by atoms with Gasteiger partial charge >= 0.3 is 0 Å². The van der Waals surface area contributed by atoms with Crippen LogP contribution in [0.1, 0.15) is 60.3 Å². The molecule has 1 saturated carbocycles. The monoisotopic (exact) mass is 239 g/mol. The molecule has 0 aromatic carbocycles. The van der Waals surface area contributed by atoms with Gasteiger partial charge in [-0.2, -0.15) is 5.06 Å². The Hall–Kier alpha value is -0.0800. The summed E-state index contributed by atoms with van der Waals surface area (Å²) >= 11 is 0. The maximum Gasteiger partial charge on any atom is 0.0887 e. The molecule has 0 unspecified atom stereocenters. The molecule has 1 aliphatic heterocycles. The molecule has 17 heavy (non-hydrogen) atoms. The smallest absolute Gasteiger partial charge is 0.0887 e. The fourth-order valence-electron chi connectivity index (χ4n) is 4.07. The Morgan fingerprint density at radius 2 is 1.82 bits per heavy atom. The summed E-state index contributed by atoms with van der Waals surface area (Å²) in [6.07, 6.45) is 5.40. The predicted octanol–water partition coefficient (Wildman–Crippen LogP) is 3.86. The molecule has 2 nitrogen and oxygen atoms in total. The van der Waals surface area contributed by atoms with Crippen molar-refractivity contribution in [1.29, 1.82) is 0 Å². The summed E-state index contributed by atoms with van der Waals surface area (Å²) in [5.41, 5.74) is 0.0436. The van der Waals surface area contributed by atoms with E-state index in [-0.39, 0.29) is 5.60 Å². The molecule has 1 aliphatic carbocycles. The van der Waals surface area contributed by atoms with Gasteiger partial charge < -0.3 is 0 Å². The Bertz CT molecular complexity index is 264. The summed E-state index contributed by atoms with van der Waals surface area (Å²) in [7, 11) is 0. The summed E-state index contributed by atoms with van der Waals surface area (Å²) in [5.74, 6) is 2.48. The second-order valence-corrected chi connectivity index (χ2v) is 6.44. The van der Waals surface area contributed by atoms with Crippen LogP contribution in [0.25, 0.3) is 0 Å². The highest BCUT2D eigenvalue weighted by atomic mass is 16.7. The molecule has 0 bridgehead atoms. The van der Waals surface area contributed by atoms with E-state index in [0.29, 0.717) is 6.04 Å². The van der Waals surface area contributed by atoms with E-state index in [1.807, 2.05) is 0 Å². The van der Waals surface area contributed by atoms with E-state index in [9.17, 15) is 0 Å². The van der Waals surface area contributed by atoms with E-state index >= 15 is 0 Å². The van der Waals surface area contributed by atoms with Crippen molar-refractivity contribution >= 4 is 0 Å². The molecule has 0 aromatic rings.